The molecule has 0 bridgehead atoms. The Hall–Kier alpha value is -1.90. The summed E-state index contributed by atoms with van der Waals surface area (Å²) in [5, 5.41) is 13.6. The monoisotopic (exact) mass is 352 g/mol. The van der Waals surface area contributed by atoms with Gasteiger partial charge >= 0.3 is 0 Å². The van der Waals surface area contributed by atoms with Crippen molar-refractivity contribution in [3.05, 3.63) is 52.2 Å². The van der Waals surface area contributed by atoms with Gasteiger partial charge in [-0.15, -0.1) is 11.3 Å². The summed E-state index contributed by atoms with van der Waals surface area (Å²) in [6, 6.07) is 10.7. The van der Waals surface area contributed by atoms with Crippen LogP contribution in [0.4, 0.5) is 0 Å². The molecule has 1 aromatic carbocycles. The molecule has 0 radical (unpaired) electrons. The highest BCUT2D eigenvalue weighted by molar-refractivity contribution is 7.89. The van der Waals surface area contributed by atoms with Crippen molar-refractivity contribution >= 4 is 27.3 Å². The third kappa shape index (κ3) is 5.66. The Morgan fingerprint density at radius 3 is 2.74 bits per heavy atom. The lowest BCUT2D eigenvalue weighted by atomic mass is 10.2. The van der Waals surface area contributed by atoms with Crippen LogP contribution in [0.1, 0.15) is 10.4 Å². The summed E-state index contributed by atoms with van der Waals surface area (Å²) in [4.78, 5) is 5.57. The summed E-state index contributed by atoms with van der Waals surface area (Å²) in [6.45, 7) is 1.24. The van der Waals surface area contributed by atoms with Crippen molar-refractivity contribution in [1.29, 1.82) is 0 Å². The van der Waals surface area contributed by atoms with Crippen molar-refractivity contribution in [2.45, 2.75) is 17.9 Å². The Balaban J connectivity index is 1.86. The van der Waals surface area contributed by atoms with Crippen LogP contribution >= 0.6 is 11.3 Å². The number of thiophene rings is 1. The number of rotatable bonds is 6. The second kappa shape index (κ2) is 8.09. The molecule has 0 aliphatic heterocycles. The number of guanidine groups is 1. The molecule has 124 valence electrons. The van der Waals surface area contributed by atoms with E-state index in [-0.39, 0.29) is 4.90 Å². The van der Waals surface area contributed by atoms with Gasteiger partial charge in [-0.25, -0.2) is 13.6 Å². The van der Waals surface area contributed by atoms with Gasteiger partial charge in [-0.2, -0.15) is 0 Å². The molecule has 0 fully saturated rings. The molecule has 23 heavy (non-hydrogen) atoms. The van der Waals surface area contributed by atoms with E-state index in [0.29, 0.717) is 12.5 Å². The lowest BCUT2D eigenvalue weighted by molar-refractivity contribution is 0.597. The highest BCUT2D eigenvalue weighted by Crippen LogP contribution is 2.10. The fourth-order valence-electron chi connectivity index (χ4n) is 2.00. The maximum absolute atomic E-state index is 11.4. The van der Waals surface area contributed by atoms with Crippen LogP contribution in [-0.4, -0.2) is 28.0 Å². The SMILES string of the molecule is CN=C(NCCc1cccs1)NCc1cccc(S(N)(=O)=O)c1. The number of hydrogen-bond donors (Lipinski definition) is 3. The summed E-state index contributed by atoms with van der Waals surface area (Å²) in [6.07, 6.45) is 0.930. The van der Waals surface area contributed by atoms with Crippen molar-refractivity contribution in [2.75, 3.05) is 13.6 Å². The first-order valence-corrected chi connectivity index (χ1v) is 9.50. The maximum Gasteiger partial charge on any atom is 0.238 e. The first kappa shape index (κ1) is 17.5. The summed E-state index contributed by atoms with van der Waals surface area (Å²) in [5.41, 5.74) is 0.817. The van der Waals surface area contributed by atoms with Crippen LogP contribution in [0.2, 0.25) is 0 Å². The maximum atomic E-state index is 11.4. The molecule has 0 spiro atoms. The van der Waals surface area contributed by atoms with E-state index in [1.54, 1.807) is 30.5 Å². The molecule has 0 atom stereocenters. The van der Waals surface area contributed by atoms with Crippen molar-refractivity contribution in [3.63, 3.8) is 0 Å². The molecular weight excluding hydrogens is 332 g/mol. The smallest absolute Gasteiger partial charge is 0.238 e. The van der Waals surface area contributed by atoms with E-state index < -0.39 is 10.0 Å². The molecule has 2 aromatic rings. The van der Waals surface area contributed by atoms with Crippen LogP contribution in [0.15, 0.2) is 51.7 Å². The first-order valence-electron chi connectivity index (χ1n) is 7.07. The van der Waals surface area contributed by atoms with Crippen LogP contribution in [0, 0.1) is 0 Å². The number of nitrogens with one attached hydrogen (secondary N) is 2. The van der Waals surface area contributed by atoms with Gasteiger partial charge in [0.2, 0.25) is 10.0 Å². The Morgan fingerprint density at radius 2 is 2.09 bits per heavy atom. The lowest BCUT2D eigenvalue weighted by Crippen LogP contribution is -2.37. The van der Waals surface area contributed by atoms with Gasteiger partial charge in [-0.1, -0.05) is 18.2 Å². The third-order valence-electron chi connectivity index (χ3n) is 3.15. The lowest BCUT2D eigenvalue weighted by Gasteiger charge is -2.12. The predicted molar refractivity (Wildman–Crippen MR) is 94.0 cm³/mol. The summed E-state index contributed by atoms with van der Waals surface area (Å²) in [5.74, 6) is 0.669. The van der Waals surface area contributed by atoms with Crippen LogP contribution in [-0.2, 0) is 23.0 Å². The molecule has 0 saturated heterocycles. The Morgan fingerprint density at radius 1 is 1.26 bits per heavy atom. The van der Waals surface area contributed by atoms with Gasteiger partial charge in [0.25, 0.3) is 0 Å². The fourth-order valence-corrected chi connectivity index (χ4v) is 3.29. The van der Waals surface area contributed by atoms with E-state index in [0.717, 1.165) is 18.5 Å². The molecular formula is C15H20N4O2S2. The largest absolute Gasteiger partial charge is 0.356 e. The normalized spacial score (nSPS) is 12.2. The van der Waals surface area contributed by atoms with E-state index in [4.69, 9.17) is 5.14 Å². The number of sulfonamides is 1. The first-order chi connectivity index (χ1) is 11.0. The van der Waals surface area contributed by atoms with Crippen LogP contribution < -0.4 is 15.8 Å². The van der Waals surface area contributed by atoms with Gasteiger partial charge in [-0.3, -0.25) is 4.99 Å². The van der Waals surface area contributed by atoms with Crippen LogP contribution in [0.3, 0.4) is 0 Å². The number of primary sulfonamides is 1. The zero-order valence-corrected chi connectivity index (χ0v) is 14.5. The highest BCUT2D eigenvalue weighted by Gasteiger charge is 2.08. The molecule has 0 amide bonds. The molecule has 8 heteroatoms. The number of hydrogen-bond acceptors (Lipinski definition) is 4. The molecule has 1 aromatic heterocycles. The zero-order chi connectivity index (χ0) is 16.7. The fraction of sp³-hybridized carbons (Fsp3) is 0.267. The second-order valence-electron chi connectivity index (χ2n) is 4.87. The average molecular weight is 352 g/mol. The topological polar surface area (TPSA) is 96.6 Å². The van der Waals surface area contributed by atoms with Crippen molar-refractivity contribution < 1.29 is 8.42 Å². The number of aliphatic imine (C=N–C) groups is 1. The number of benzene rings is 1. The minimum absolute atomic E-state index is 0.109. The van der Waals surface area contributed by atoms with Crippen LogP contribution in [0.25, 0.3) is 0 Å². The van der Waals surface area contributed by atoms with Crippen molar-refractivity contribution in [1.82, 2.24) is 10.6 Å². The third-order valence-corrected chi connectivity index (χ3v) is 5.00. The summed E-state index contributed by atoms with van der Waals surface area (Å²) < 4.78 is 22.7. The standard InChI is InChI=1S/C15H20N4O2S2/c1-17-15(18-8-7-13-5-3-9-22-13)19-11-12-4-2-6-14(10-12)23(16,20)21/h2-6,9-10H,7-8,11H2,1H3,(H2,16,20,21)(H2,17,18,19). The van der Waals surface area contributed by atoms with Crippen LogP contribution in [0.5, 0.6) is 0 Å². The van der Waals surface area contributed by atoms with E-state index in [9.17, 15) is 8.42 Å². The zero-order valence-electron chi connectivity index (χ0n) is 12.8. The highest BCUT2D eigenvalue weighted by atomic mass is 32.2. The van der Waals surface area contributed by atoms with E-state index in [1.165, 1.54) is 10.9 Å². The minimum atomic E-state index is -3.68. The molecule has 2 rings (SSSR count). The molecule has 4 N–H and O–H groups in total. The van der Waals surface area contributed by atoms with Gasteiger partial charge in [0.1, 0.15) is 0 Å². The molecule has 0 aliphatic carbocycles. The number of nitrogens with zero attached hydrogens (tertiary/aromatic N) is 1. The summed E-state index contributed by atoms with van der Waals surface area (Å²) >= 11 is 1.73. The van der Waals surface area contributed by atoms with Gasteiger partial charge in [0, 0.05) is 25.0 Å². The molecule has 0 aliphatic rings. The Bertz CT molecular complexity index is 756. The Kier molecular flexibility index (Phi) is 6.14. The van der Waals surface area contributed by atoms with E-state index >= 15 is 0 Å². The van der Waals surface area contributed by atoms with Gasteiger partial charge in [-0.05, 0) is 35.6 Å². The molecule has 1 heterocycles. The summed E-state index contributed by atoms with van der Waals surface area (Å²) in [7, 11) is -1.99. The quantitative estimate of drug-likeness (QED) is 0.539. The van der Waals surface area contributed by atoms with E-state index in [2.05, 4.69) is 27.1 Å². The van der Waals surface area contributed by atoms with Gasteiger partial charge in [0.15, 0.2) is 5.96 Å². The molecule has 0 saturated carbocycles. The second-order valence-corrected chi connectivity index (χ2v) is 7.47. The predicted octanol–water partition coefficient (Wildman–Crippen LogP) is 1.30. The molecule has 6 nitrogen and oxygen atoms in total. The van der Waals surface area contributed by atoms with Gasteiger partial charge in [0.05, 0.1) is 4.90 Å². The van der Waals surface area contributed by atoms with Crippen molar-refractivity contribution in [3.8, 4) is 0 Å². The minimum Gasteiger partial charge on any atom is -0.356 e. The van der Waals surface area contributed by atoms with Crippen molar-refractivity contribution in [2.24, 2.45) is 10.1 Å². The van der Waals surface area contributed by atoms with E-state index in [1.807, 2.05) is 12.1 Å². The number of nitrogens with two attached hydrogens (primary N) is 1. The Labute approximate surface area is 140 Å². The van der Waals surface area contributed by atoms with Gasteiger partial charge < -0.3 is 10.6 Å². The molecule has 0 unspecified atom stereocenters. The average Bonchev–Trinajstić information content (AvgIpc) is 3.03.